The Kier molecular flexibility index (Phi) is 8.89. The Balaban J connectivity index is 0.967. The maximum absolute atomic E-state index is 2.54. The van der Waals surface area contributed by atoms with Crippen LogP contribution >= 0.6 is 32.5 Å². The van der Waals surface area contributed by atoms with Crippen LogP contribution in [0.2, 0.25) is 0 Å². The molecule has 4 heteroatoms. The molecule has 0 amide bonds. The van der Waals surface area contributed by atoms with Gasteiger partial charge < -0.3 is 9.47 Å². The molecule has 0 N–H and O–H groups in total. The number of anilines is 3. The predicted octanol–water partition coefficient (Wildman–Crippen LogP) is 14.7. The van der Waals surface area contributed by atoms with E-state index in [0.717, 1.165) is 36.3 Å². The molecule has 2 aliphatic heterocycles. The zero-order valence-corrected chi connectivity index (χ0v) is 34.3. The molecular weight excluding hydrogens is 824 g/mol. The zero-order chi connectivity index (χ0) is 37.7. The van der Waals surface area contributed by atoms with E-state index in [1.807, 2.05) is 11.8 Å². The van der Waals surface area contributed by atoms with E-state index in [-0.39, 0.29) is 0 Å². The molecule has 0 fully saturated rings. The lowest BCUT2D eigenvalue weighted by molar-refractivity contribution is 0.841. The van der Waals surface area contributed by atoms with Gasteiger partial charge in [-0.2, -0.15) is 0 Å². The smallest absolute Gasteiger partial charge is 0.0537 e. The van der Waals surface area contributed by atoms with E-state index in [4.69, 9.17) is 0 Å². The van der Waals surface area contributed by atoms with Gasteiger partial charge in [0.1, 0.15) is 0 Å². The third-order valence-electron chi connectivity index (χ3n) is 11.5. The van der Waals surface area contributed by atoms with Crippen molar-refractivity contribution in [2.45, 2.75) is 30.1 Å². The molecule has 6 aromatic carbocycles. The minimum absolute atomic E-state index is 0.431. The van der Waals surface area contributed by atoms with Gasteiger partial charge in [0.2, 0.25) is 0 Å². The second kappa shape index (κ2) is 14.7. The molecule has 274 valence electrons. The number of allylic oxidation sites excluding steroid dienone is 8. The number of aromatic nitrogens is 1. The molecule has 57 heavy (non-hydrogen) atoms. The number of fused-ring (bicyclic) bond motifs is 6. The van der Waals surface area contributed by atoms with Gasteiger partial charge in [0.15, 0.2) is 0 Å². The normalized spacial score (nSPS) is 16.9. The first-order valence-corrected chi connectivity index (χ1v) is 22.8. The van der Waals surface area contributed by atoms with Crippen molar-refractivity contribution in [1.82, 2.24) is 4.57 Å². The number of hydrogen-bond acceptors (Lipinski definition) is 2. The predicted molar refractivity (Wildman–Crippen MR) is 253 cm³/mol. The molecule has 0 spiro atoms. The number of halogens is 1. The molecule has 7 aromatic rings. The summed E-state index contributed by atoms with van der Waals surface area (Å²) in [5.74, 6) is 0.463. The van der Waals surface area contributed by atoms with Crippen LogP contribution in [0.3, 0.4) is 0 Å². The largest absolute Gasteiger partial charge is 0.313 e. The fraction of sp³-hybridized carbons (Fsp3) is 0.0755. The highest BCUT2D eigenvalue weighted by Gasteiger charge is 2.31. The molecule has 0 saturated heterocycles. The Morgan fingerprint density at radius 1 is 0.596 bits per heavy atom. The van der Waals surface area contributed by atoms with Gasteiger partial charge in [-0.1, -0.05) is 166 Å². The number of nitrogens with zero attached hydrogens (tertiary/aromatic N) is 2. The Labute approximate surface area is 348 Å². The van der Waals surface area contributed by atoms with E-state index in [2.05, 4.69) is 204 Å². The Morgan fingerprint density at radius 2 is 1.28 bits per heavy atom. The highest BCUT2D eigenvalue weighted by Crippen LogP contribution is 2.55. The highest BCUT2D eigenvalue weighted by molar-refractivity contribution is 14.2. The van der Waals surface area contributed by atoms with Crippen LogP contribution < -0.4 is 4.90 Å². The van der Waals surface area contributed by atoms with Gasteiger partial charge in [-0.05, 0) is 108 Å². The molecule has 0 radical (unpaired) electrons. The highest BCUT2D eigenvalue weighted by atomic mass is 127. The van der Waals surface area contributed by atoms with Crippen LogP contribution in [-0.4, -0.2) is 8.08 Å². The van der Waals surface area contributed by atoms with E-state index >= 15 is 0 Å². The van der Waals surface area contributed by atoms with Gasteiger partial charge in [-0.15, -0.1) is 0 Å². The van der Waals surface area contributed by atoms with Crippen LogP contribution in [0.15, 0.2) is 198 Å². The summed E-state index contributed by atoms with van der Waals surface area (Å²) in [7, 11) is 0. The average molecular weight is 863 g/mol. The maximum atomic E-state index is 2.54. The Hall–Kier alpha value is -5.69. The number of thioether (sulfide) groups is 1. The number of hydrogen-bond donors (Lipinski definition) is 0. The number of para-hydroxylation sites is 2. The molecule has 0 bridgehead atoms. The van der Waals surface area contributed by atoms with Crippen molar-refractivity contribution in [2.75, 3.05) is 4.90 Å². The first kappa shape index (κ1) is 34.5. The fourth-order valence-electron chi connectivity index (χ4n) is 8.83. The molecule has 1 atom stereocenters. The molecule has 1 aromatic heterocycles. The fourth-order valence-corrected chi connectivity index (χ4v) is 13.1. The minimum Gasteiger partial charge on any atom is -0.313 e. The van der Waals surface area contributed by atoms with Crippen LogP contribution in [0.25, 0.3) is 31.8 Å². The van der Waals surface area contributed by atoms with Crippen LogP contribution in [-0.2, 0) is 6.42 Å². The zero-order valence-electron chi connectivity index (χ0n) is 31.4. The summed E-state index contributed by atoms with van der Waals surface area (Å²) in [6.45, 7) is 0. The van der Waals surface area contributed by atoms with E-state index in [1.165, 1.54) is 72.6 Å². The number of benzene rings is 6. The average Bonchev–Trinajstić information content (AvgIpc) is 3.84. The summed E-state index contributed by atoms with van der Waals surface area (Å²) in [4.78, 5) is 5.26. The SMILES string of the molecule is C1=Cc2c(n(C3=CC(c4ccccc4)=IC(c4ccc(N(c5ccccc5)c5ccc(C6=C7Sc8ccccc8C7CC=C6)cc5)cc4)=C3)c3ccccc23)CC1. The van der Waals surface area contributed by atoms with Crippen molar-refractivity contribution in [3.63, 3.8) is 0 Å². The van der Waals surface area contributed by atoms with Gasteiger partial charge in [0, 0.05) is 62.2 Å². The van der Waals surface area contributed by atoms with Crippen LogP contribution in [0.4, 0.5) is 17.1 Å². The van der Waals surface area contributed by atoms with Crippen molar-refractivity contribution in [1.29, 1.82) is 0 Å². The second-order valence-electron chi connectivity index (χ2n) is 14.9. The summed E-state index contributed by atoms with van der Waals surface area (Å²) < 4.78 is 5.43. The van der Waals surface area contributed by atoms with Crippen LogP contribution in [0.1, 0.15) is 52.3 Å². The molecule has 4 aliphatic rings. The summed E-state index contributed by atoms with van der Waals surface area (Å²) in [5, 5.41) is 1.33. The van der Waals surface area contributed by atoms with Gasteiger partial charge in [0.25, 0.3) is 0 Å². The topological polar surface area (TPSA) is 8.17 Å². The molecule has 3 heterocycles. The summed E-state index contributed by atoms with van der Waals surface area (Å²) in [6.07, 6.45) is 17.5. The second-order valence-corrected chi connectivity index (χ2v) is 18.8. The standard InChI is InChI=1S/C53H39IN2S/c1-3-14-37(15-4-1)48-34-42(56-50-23-10-7-18-44(50)45-19-8-11-24-51(45)56)35-49(54-48)38-28-32-41(33-29-38)55(39-16-5-2-6-17-39)40-30-26-36(27-31-40)43-21-13-22-47-46-20-9-12-25-52(46)57-53(43)47/h1-10,12-21,23,25-35,47H,11,22,24H2. The van der Waals surface area contributed by atoms with Crippen molar-refractivity contribution in [3.8, 4) is 0 Å². The molecule has 11 rings (SSSR count). The van der Waals surface area contributed by atoms with E-state index in [9.17, 15) is 0 Å². The van der Waals surface area contributed by atoms with Gasteiger partial charge >= 0.3 is 0 Å². The molecule has 0 saturated carbocycles. The summed E-state index contributed by atoms with van der Waals surface area (Å²) in [5.41, 5.74) is 15.5. The monoisotopic (exact) mass is 862 g/mol. The van der Waals surface area contributed by atoms with Gasteiger partial charge in [0.05, 0.1) is 5.52 Å². The lowest BCUT2D eigenvalue weighted by atomic mass is 9.87. The van der Waals surface area contributed by atoms with Gasteiger partial charge in [-0.25, -0.2) is 0 Å². The third-order valence-corrected chi connectivity index (χ3v) is 15.9. The molecule has 2 nitrogen and oxygen atoms in total. The summed E-state index contributed by atoms with van der Waals surface area (Å²) in [6, 6.07) is 58.1. The molecule has 2 aliphatic carbocycles. The lowest BCUT2D eigenvalue weighted by Crippen LogP contribution is -2.10. The van der Waals surface area contributed by atoms with E-state index < -0.39 is 20.7 Å². The van der Waals surface area contributed by atoms with Crippen molar-refractivity contribution < 1.29 is 0 Å². The first-order chi connectivity index (χ1) is 28.3. The summed E-state index contributed by atoms with van der Waals surface area (Å²) >= 11 is 1.52. The minimum atomic E-state index is -0.431. The lowest BCUT2D eigenvalue weighted by Gasteiger charge is -2.26. The quantitative estimate of drug-likeness (QED) is 0.148. The van der Waals surface area contributed by atoms with E-state index in [0.29, 0.717) is 5.92 Å². The van der Waals surface area contributed by atoms with Crippen LogP contribution in [0, 0.1) is 0 Å². The third kappa shape index (κ3) is 6.23. The molecule has 1 unspecified atom stereocenters. The maximum Gasteiger partial charge on any atom is 0.0537 e. The van der Waals surface area contributed by atoms with Crippen molar-refractivity contribution >= 4 is 84.9 Å². The van der Waals surface area contributed by atoms with Crippen LogP contribution in [0.5, 0.6) is 0 Å². The van der Waals surface area contributed by atoms with Crippen molar-refractivity contribution in [3.05, 3.63) is 227 Å². The number of rotatable bonds is 7. The Bertz CT molecular complexity index is 2870. The molecular formula is C53H39IN2S. The Morgan fingerprint density at radius 3 is 2.09 bits per heavy atom. The first-order valence-electron chi connectivity index (χ1n) is 19.8. The van der Waals surface area contributed by atoms with E-state index in [1.54, 1.807) is 0 Å². The van der Waals surface area contributed by atoms with Gasteiger partial charge in [-0.3, -0.25) is 0 Å². The van der Waals surface area contributed by atoms with Crippen molar-refractivity contribution in [2.24, 2.45) is 0 Å².